The molecule has 0 spiro atoms. The van der Waals surface area contributed by atoms with Crippen LogP contribution in [-0.4, -0.2) is 32.3 Å². The molecule has 1 unspecified atom stereocenters. The van der Waals surface area contributed by atoms with Gasteiger partial charge in [-0.25, -0.2) is 0 Å². The maximum absolute atomic E-state index is 13.1. The highest BCUT2D eigenvalue weighted by molar-refractivity contribution is 6.30. The van der Waals surface area contributed by atoms with Gasteiger partial charge in [0.15, 0.2) is 6.10 Å². The minimum Gasteiger partial charge on any atom is -0.489 e. The van der Waals surface area contributed by atoms with Crippen molar-refractivity contribution in [3.05, 3.63) is 52.5 Å². The number of hydrogen-bond donors (Lipinski definition) is 1. The molecule has 5 nitrogen and oxygen atoms in total. The van der Waals surface area contributed by atoms with Crippen LogP contribution in [0.15, 0.2) is 36.4 Å². The summed E-state index contributed by atoms with van der Waals surface area (Å²) in [5, 5.41) is 2.97. The number of aryl methyl sites for hydroxylation is 1. The first-order chi connectivity index (χ1) is 13.6. The number of alkyl halides is 3. The largest absolute Gasteiger partial charge is 0.489 e. The quantitative estimate of drug-likeness (QED) is 0.591. The number of nitrogens with one attached hydrogen (secondary N) is 1. The highest BCUT2D eigenvalue weighted by atomic mass is 35.5. The summed E-state index contributed by atoms with van der Waals surface area (Å²) in [4.78, 5) is 12.5. The van der Waals surface area contributed by atoms with Gasteiger partial charge in [-0.15, -0.1) is 0 Å². The fraction of sp³-hybridized carbons (Fsp3) is 0.350. The molecule has 0 saturated carbocycles. The highest BCUT2D eigenvalue weighted by Gasteiger charge is 2.31. The van der Waals surface area contributed by atoms with E-state index in [0.717, 1.165) is 23.8 Å². The van der Waals surface area contributed by atoms with Gasteiger partial charge in [0.05, 0.1) is 17.9 Å². The Morgan fingerprint density at radius 3 is 2.45 bits per heavy atom. The first-order valence-corrected chi connectivity index (χ1v) is 9.06. The van der Waals surface area contributed by atoms with Crippen molar-refractivity contribution in [2.75, 3.05) is 25.6 Å². The van der Waals surface area contributed by atoms with E-state index < -0.39 is 23.8 Å². The lowest BCUT2D eigenvalue weighted by molar-refractivity contribution is -0.137. The minimum atomic E-state index is -4.56. The normalized spacial score (nSPS) is 12.4. The third-order valence-corrected chi connectivity index (χ3v) is 4.15. The van der Waals surface area contributed by atoms with Crippen LogP contribution in [-0.2, 0) is 15.7 Å². The molecule has 0 fully saturated rings. The molecule has 1 N–H and O–H groups in total. The van der Waals surface area contributed by atoms with E-state index in [9.17, 15) is 18.0 Å². The molecule has 0 aromatic heterocycles. The van der Waals surface area contributed by atoms with Gasteiger partial charge in [0.1, 0.15) is 18.1 Å². The van der Waals surface area contributed by atoms with Gasteiger partial charge < -0.3 is 19.5 Å². The Kier molecular flexibility index (Phi) is 7.75. The Hall–Kier alpha value is -2.45. The number of methoxy groups -OCH3 is 1. The molecule has 9 heteroatoms. The SMILES string of the molecule is COCCOc1ccc(C(F)(F)F)cc1NC(=O)C(C)Oc1ccc(Cl)cc1C. The summed E-state index contributed by atoms with van der Waals surface area (Å²) in [7, 11) is 1.47. The van der Waals surface area contributed by atoms with Crippen molar-refractivity contribution in [3.8, 4) is 11.5 Å². The molecule has 1 atom stereocenters. The van der Waals surface area contributed by atoms with Gasteiger partial charge in [0, 0.05) is 12.1 Å². The standard InChI is InChI=1S/C20H21ClF3NO4/c1-12-10-15(21)5-7-17(12)29-13(2)19(26)25-16-11-14(20(22,23)24)4-6-18(16)28-9-8-27-3/h4-7,10-11,13H,8-9H2,1-3H3,(H,25,26). The third kappa shape index (κ3) is 6.54. The van der Waals surface area contributed by atoms with Gasteiger partial charge in [0.25, 0.3) is 5.91 Å². The Bertz CT molecular complexity index is 858. The summed E-state index contributed by atoms with van der Waals surface area (Å²) in [5.74, 6) is -0.0915. The molecule has 0 bridgehead atoms. The van der Waals surface area contributed by atoms with E-state index in [-0.39, 0.29) is 24.7 Å². The van der Waals surface area contributed by atoms with Gasteiger partial charge >= 0.3 is 6.18 Å². The van der Waals surface area contributed by atoms with Crippen LogP contribution in [0.5, 0.6) is 11.5 Å². The molecule has 0 aliphatic rings. The highest BCUT2D eigenvalue weighted by Crippen LogP contribution is 2.35. The Labute approximate surface area is 171 Å². The van der Waals surface area contributed by atoms with Crippen molar-refractivity contribution < 1.29 is 32.2 Å². The number of carbonyl (C=O) groups excluding carboxylic acids is 1. The molecule has 0 saturated heterocycles. The second-order valence-corrected chi connectivity index (χ2v) is 6.65. The van der Waals surface area contributed by atoms with Gasteiger partial charge in [-0.2, -0.15) is 13.2 Å². The molecule has 0 heterocycles. The van der Waals surface area contributed by atoms with E-state index in [1.54, 1.807) is 25.1 Å². The van der Waals surface area contributed by atoms with E-state index >= 15 is 0 Å². The van der Waals surface area contributed by atoms with Gasteiger partial charge in [0.2, 0.25) is 0 Å². The fourth-order valence-corrected chi connectivity index (χ4v) is 2.61. The second kappa shape index (κ2) is 9.84. The number of amides is 1. The average Bonchev–Trinajstić information content (AvgIpc) is 2.64. The predicted octanol–water partition coefficient (Wildman–Crippen LogP) is 5.10. The molecule has 29 heavy (non-hydrogen) atoms. The summed E-state index contributed by atoms with van der Waals surface area (Å²) in [6.45, 7) is 3.60. The van der Waals surface area contributed by atoms with Gasteiger partial charge in [-0.1, -0.05) is 11.6 Å². The lowest BCUT2D eigenvalue weighted by Gasteiger charge is -2.19. The van der Waals surface area contributed by atoms with Crippen molar-refractivity contribution in [3.63, 3.8) is 0 Å². The van der Waals surface area contributed by atoms with Crippen LogP contribution in [0.2, 0.25) is 5.02 Å². The number of carbonyl (C=O) groups is 1. The molecule has 2 rings (SSSR count). The Balaban J connectivity index is 2.19. The van der Waals surface area contributed by atoms with Crippen molar-refractivity contribution >= 4 is 23.2 Å². The molecule has 0 radical (unpaired) electrons. The van der Waals surface area contributed by atoms with Crippen molar-refractivity contribution in [2.24, 2.45) is 0 Å². The molecular formula is C20H21ClF3NO4. The molecular weight excluding hydrogens is 411 g/mol. The number of benzene rings is 2. The first kappa shape index (κ1) is 22.8. The first-order valence-electron chi connectivity index (χ1n) is 8.68. The van der Waals surface area contributed by atoms with Crippen molar-refractivity contribution in [1.82, 2.24) is 0 Å². The summed E-state index contributed by atoms with van der Waals surface area (Å²) >= 11 is 5.89. The van der Waals surface area contributed by atoms with Crippen LogP contribution in [0, 0.1) is 6.92 Å². The Morgan fingerprint density at radius 2 is 1.83 bits per heavy atom. The van der Waals surface area contributed by atoms with Crippen LogP contribution < -0.4 is 14.8 Å². The Morgan fingerprint density at radius 1 is 1.14 bits per heavy atom. The van der Waals surface area contributed by atoms with E-state index in [4.69, 9.17) is 25.8 Å². The van der Waals surface area contributed by atoms with Gasteiger partial charge in [-0.05, 0) is 55.8 Å². The van der Waals surface area contributed by atoms with Crippen LogP contribution in [0.1, 0.15) is 18.1 Å². The van der Waals surface area contributed by atoms with E-state index in [2.05, 4.69) is 5.32 Å². The maximum atomic E-state index is 13.1. The number of ether oxygens (including phenoxy) is 3. The number of halogens is 4. The van der Waals surface area contributed by atoms with Crippen LogP contribution in [0.4, 0.5) is 18.9 Å². The monoisotopic (exact) mass is 431 g/mol. The lowest BCUT2D eigenvalue weighted by atomic mass is 10.1. The summed E-state index contributed by atoms with van der Waals surface area (Å²) in [6, 6.07) is 7.77. The third-order valence-electron chi connectivity index (χ3n) is 3.92. The van der Waals surface area contributed by atoms with Crippen molar-refractivity contribution in [2.45, 2.75) is 26.1 Å². The smallest absolute Gasteiger partial charge is 0.416 e. The van der Waals surface area contributed by atoms with Crippen LogP contribution in [0.3, 0.4) is 0 Å². The zero-order chi connectivity index (χ0) is 21.6. The van der Waals surface area contributed by atoms with Crippen LogP contribution in [0.25, 0.3) is 0 Å². The molecule has 1 amide bonds. The molecule has 2 aromatic rings. The second-order valence-electron chi connectivity index (χ2n) is 6.21. The van der Waals surface area contributed by atoms with Crippen molar-refractivity contribution in [1.29, 1.82) is 0 Å². The van der Waals surface area contributed by atoms with Gasteiger partial charge in [-0.3, -0.25) is 4.79 Å². The average molecular weight is 432 g/mol. The van der Waals surface area contributed by atoms with E-state index in [0.29, 0.717) is 10.8 Å². The maximum Gasteiger partial charge on any atom is 0.416 e. The molecule has 2 aromatic carbocycles. The van der Waals surface area contributed by atoms with E-state index in [1.807, 2.05) is 0 Å². The lowest BCUT2D eigenvalue weighted by Crippen LogP contribution is -2.30. The molecule has 0 aliphatic heterocycles. The molecule has 0 aliphatic carbocycles. The molecule has 158 valence electrons. The summed E-state index contributed by atoms with van der Waals surface area (Å²) < 4.78 is 55.1. The predicted molar refractivity (Wildman–Crippen MR) is 104 cm³/mol. The summed E-state index contributed by atoms with van der Waals surface area (Å²) in [6.07, 6.45) is -5.54. The topological polar surface area (TPSA) is 56.8 Å². The number of hydrogen-bond acceptors (Lipinski definition) is 4. The zero-order valence-corrected chi connectivity index (χ0v) is 16.9. The minimum absolute atomic E-state index is 0.0956. The summed E-state index contributed by atoms with van der Waals surface area (Å²) in [5.41, 5.74) is -0.293. The fourth-order valence-electron chi connectivity index (χ4n) is 2.39. The number of rotatable bonds is 8. The number of anilines is 1. The van der Waals surface area contributed by atoms with Crippen LogP contribution >= 0.6 is 11.6 Å². The van der Waals surface area contributed by atoms with E-state index in [1.165, 1.54) is 14.0 Å². The zero-order valence-electron chi connectivity index (χ0n) is 16.1.